The Morgan fingerprint density at radius 1 is 1.00 bits per heavy atom. The van der Waals surface area contributed by atoms with Crippen LogP contribution in [-0.2, 0) is 6.54 Å². The van der Waals surface area contributed by atoms with Crippen molar-refractivity contribution in [3.63, 3.8) is 0 Å². The number of rotatable bonds is 6. The minimum Gasteiger partial charge on any atom is -0.297 e. The number of hydrogen-bond acceptors (Lipinski definition) is 1. The standard InChI is InChI=1S/C11H14BrCl2N/c12-11-3-1-10(2-4-11)9-15(7-5-13)8-6-14/h1-4H,5-9H2. The molecule has 15 heavy (non-hydrogen) atoms. The summed E-state index contributed by atoms with van der Waals surface area (Å²) < 4.78 is 1.10. The molecule has 1 rings (SSSR count). The highest BCUT2D eigenvalue weighted by Gasteiger charge is 2.04. The predicted octanol–water partition coefficient (Wildman–Crippen LogP) is 3.73. The van der Waals surface area contributed by atoms with Crippen molar-refractivity contribution in [3.8, 4) is 0 Å². The van der Waals surface area contributed by atoms with Crippen molar-refractivity contribution >= 4 is 39.1 Å². The third-order valence-corrected chi connectivity index (χ3v) is 2.99. The Morgan fingerprint density at radius 3 is 2.00 bits per heavy atom. The summed E-state index contributed by atoms with van der Waals surface area (Å²) in [7, 11) is 0. The third kappa shape index (κ3) is 5.21. The first kappa shape index (κ1) is 13.3. The van der Waals surface area contributed by atoms with Gasteiger partial charge in [-0.25, -0.2) is 0 Å². The molecule has 1 nitrogen and oxygen atoms in total. The Labute approximate surface area is 109 Å². The second-order valence-corrected chi connectivity index (χ2v) is 4.95. The smallest absolute Gasteiger partial charge is 0.0351 e. The van der Waals surface area contributed by atoms with Gasteiger partial charge < -0.3 is 0 Å². The molecule has 84 valence electrons. The lowest BCUT2D eigenvalue weighted by molar-refractivity contribution is 0.299. The fourth-order valence-corrected chi connectivity index (χ4v) is 2.10. The summed E-state index contributed by atoms with van der Waals surface area (Å²) >= 11 is 14.9. The highest BCUT2D eigenvalue weighted by molar-refractivity contribution is 9.10. The van der Waals surface area contributed by atoms with Crippen molar-refractivity contribution in [1.82, 2.24) is 4.90 Å². The maximum atomic E-state index is 5.73. The van der Waals surface area contributed by atoms with Crippen molar-refractivity contribution in [2.75, 3.05) is 24.8 Å². The highest BCUT2D eigenvalue weighted by atomic mass is 79.9. The molecule has 0 aliphatic rings. The van der Waals surface area contributed by atoms with Gasteiger partial charge in [-0.15, -0.1) is 23.2 Å². The first-order valence-electron chi connectivity index (χ1n) is 4.85. The Hall–Kier alpha value is 0.240. The van der Waals surface area contributed by atoms with Gasteiger partial charge in [0.2, 0.25) is 0 Å². The number of halogens is 3. The van der Waals surface area contributed by atoms with E-state index in [9.17, 15) is 0 Å². The van der Waals surface area contributed by atoms with E-state index in [0.29, 0.717) is 11.8 Å². The molecule has 0 spiro atoms. The zero-order valence-electron chi connectivity index (χ0n) is 8.43. The van der Waals surface area contributed by atoms with Gasteiger partial charge in [0.05, 0.1) is 0 Å². The van der Waals surface area contributed by atoms with Gasteiger partial charge in [-0.05, 0) is 17.7 Å². The van der Waals surface area contributed by atoms with E-state index in [-0.39, 0.29) is 0 Å². The normalized spacial score (nSPS) is 10.9. The Morgan fingerprint density at radius 2 is 1.53 bits per heavy atom. The molecule has 0 unspecified atom stereocenters. The van der Waals surface area contributed by atoms with Crippen molar-refractivity contribution in [2.24, 2.45) is 0 Å². The fraction of sp³-hybridized carbons (Fsp3) is 0.455. The van der Waals surface area contributed by atoms with E-state index in [0.717, 1.165) is 24.1 Å². The topological polar surface area (TPSA) is 3.24 Å². The quantitative estimate of drug-likeness (QED) is 0.724. The predicted molar refractivity (Wildman–Crippen MR) is 70.9 cm³/mol. The summed E-state index contributed by atoms with van der Waals surface area (Å²) in [5.74, 6) is 1.29. The van der Waals surface area contributed by atoms with Crippen molar-refractivity contribution < 1.29 is 0 Å². The van der Waals surface area contributed by atoms with Crippen LogP contribution in [0.4, 0.5) is 0 Å². The van der Waals surface area contributed by atoms with Crippen LogP contribution < -0.4 is 0 Å². The van der Waals surface area contributed by atoms with E-state index in [1.54, 1.807) is 0 Å². The summed E-state index contributed by atoms with van der Waals surface area (Å²) in [6.45, 7) is 2.67. The third-order valence-electron chi connectivity index (χ3n) is 2.12. The average Bonchev–Trinajstić information content (AvgIpc) is 2.22. The zero-order valence-corrected chi connectivity index (χ0v) is 11.5. The van der Waals surface area contributed by atoms with E-state index in [2.05, 4.69) is 45.1 Å². The number of benzene rings is 1. The molecule has 0 saturated carbocycles. The van der Waals surface area contributed by atoms with E-state index >= 15 is 0 Å². The number of hydrogen-bond donors (Lipinski definition) is 0. The van der Waals surface area contributed by atoms with E-state index in [1.807, 2.05) is 0 Å². The van der Waals surface area contributed by atoms with Gasteiger partial charge in [-0.2, -0.15) is 0 Å². The molecule has 0 radical (unpaired) electrons. The molecule has 1 aromatic carbocycles. The van der Waals surface area contributed by atoms with Gasteiger partial charge in [0.15, 0.2) is 0 Å². The maximum Gasteiger partial charge on any atom is 0.0351 e. The largest absolute Gasteiger partial charge is 0.297 e. The van der Waals surface area contributed by atoms with Crippen LogP contribution in [-0.4, -0.2) is 29.7 Å². The van der Waals surface area contributed by atoms with Gasteiger partial charge in [-0.1, -0.05) is 28.1 Å². The summed E-state index contributed by atoms with van der Waals surface area (Å²) in [4.78, 5) is 2.25. The van der Waals surface area contributed by atoms with Crippen LogP contribution in [0.2, 0.25) is 0 Å². The number of nitrogens with zero attached hydrogens (tertiary/aromatic N) is 1. The molecular weight excluding hydrogens is 297 g/mol. The van der Waals surface area contributed by atoms with Gasteiger partial charge in [0, 0.05) is 35.9 Å². The molecule has 0 aliphatic heterocycles. The van der Waals surface area contributed by atoms with Crippen molar-refractivity contribution in [1.29, 1.82) is 0 Å². The first-order valence-corrected chi connectivity index (χ1v) is 6.71. The van der Waals surface area contributed by atoms with Gasteiger partial charge >= 0.3 is 0 Å². The van der Waals surface area contributed by atoms with Crippen LogP contribution in [0.15, 0.2) is 28.7 Å². The van der Waals surface area contributed by atoms with Crippen LogP contribution in [0.3, 0.4) is 0 Å². The second-order valence-electron chi connectivity index (χ2n) is 3.28. The molecule has 0 saturated heterocycles. The lowest BCUT2D eigenvalue weighted by atomic mass is 10.2. The lowest BCUT2D eigenvalue weighted by Gasteiger charge is -2.19. The van der Waals surface area contributed by atoms with E-state index < -0.39 is 0 Å². The Bertz CT molecular complexity index is 270. The molecule has 0 atom stereocenters. The SMILES string of the molecule is ClCCN(CCCl)Cc1ccc(Br)cc1. The van der Waals surface area contributed by atoms with E-state index in [4.69, 9.17) is 23.2 Å². The minimum absolute atomic E-state index is 0.646. The summed E-state index contributed by atoms with van der Waals surface area (Å²) in [6.07, 6.45) is 0. The molecule has 0 aliphatic carbocycles. The highest BCUT2D eigenvalue weighted by Crippen LogP contribution is 2.12. The van der Waals surface area contributed by atoms with Gasteiger partial charge in [0.1, 0.15) is 0 Å². The van der Waals surface area contributed by atoms with Crippen LogP contribution in [0, 0.1) is 0 Å². The minimum atomic E-state index is 0.646. The van der Waals surface area contributed by atoms with Crippen molar-refractivity contribution in [3.05, 3.63) is 34.3 Å². The molecule has 0 aromatic heterocycles. The van der Waals surface area contributed by atoms with Crippen molar-refractivity contribution in [2.45, 2.75) is 6.54 Å². The molecule has 1 aromatic rings. The fourth-order valence-electron chi connectivity index (χ4n) is 1.36. The lowest BCUT2D eigenvalue weighted by Crippen LogP contribution is -2.27. The van der Waals surface area contributed by atoms with Crippen LogP contribution in [0.1, 0.15) is 5.56 Å². The molecule has 4 heteroatoms. The van der Waals surface area contributed by atoms with Crippen LogP contribution >= 0.6 is 39.1 Å². The molecule has 0 bridgehead atoms. The average molecular weight is 311 g/mol. The Kier molecular flexibility index (Phi) is 6.66. The maximum absolute atomic E-state index is 5.73. The Balaban J connectivity index is 2.53. The first-order chi connectivity index (χ1) is 7.26. The molecule has 0 amide bonds. The molecule has 0 fully saturated rings. The summed E-state index contributed by atoms with van der Waals surface area (Å²) in [5, 5.41) is 0. The van der Waals surface area contributed by atoms with Crippen LogP contribution in [0.25, 0.3) is 0 Å². The monoisotopic (exact) mass is 309 g/mol. The van der Waals surface area contributed by atoms with Crippen LogP contribution in [0.5, 0.6) is 0 Å². The van der Waals surface area contributed by atoms with Gasteiger partial charge in [-0.3, -0.25) is 4.90 Å². The zero-order chi connectivity index (χ0) is 11.1. The second kappa shape index (κ2) is 7.50. The molecule has 0 heterocycles. The molecule has 0 N–H and O–H groups in total. The molecular formula is C11H14BrCl2N. The summed E-state index contributed by atoms with van der Waals surface area (Å²) in [6, 6.07) is 8.32. The van der Waals surface area contributed by atoms with Gasteiger partial charge in [0.25, 0.3) is 0 Å². The number of alkyl halides is 2. The summed E-state index contributed by atoms with van der Waals surface area (Å²) in [5.41, 5.74) is 1.29. The van der Waals surface area contributed by atoms with E-state index in [1.165, 1.54) is 5.56 Å².